The molecule has 0 spiro atoms. The fourth-order valence-corrected chi connectivity index (χ4v) is 2.92. The molecule has 5 heteroatoms. The molecular weight excluding hydrogens is 258 g/mol. The molecule has 0 aliphatic heterocycles. The minimum Gasteiger partial charge on any atom is -0.347 e. The third-order valence-corrected chi connectivity index (χ3v) is 4.76. The second-order valence-electron chi connectivity index (χ2n) is 4.07. The van der Waals surface area contributed by atoms with Gasteiger partial charge in [0.2, 0.25) is 0 Å². The molecule has 0 aliphatic carbocycles. The number of halogens is 1. The predicted molar refractivity (Wildman–Crippen MR) is 71.1 cm³/mol. The maximum Gasteiger partial charge on any atom is 0.155 e. The lowest BCUT2D eigenvalue weighted by molar-refractivity contribution is 0.595. The number of sulfone groups is 1. The summed E-state index contributed by atoms with van der Waals surface area (Å²) in [4.78, 5) is 0. The van der Waals surface area contributed by atoms with Gasteiger partial charge >= 0.3 is 0 Å². The Morgan fingerprint density at radius 3 is 2.65 bits per heavy atom. The van der Waals surface area contributed by atoms with E-state index >= 15 is 0 Å². The van der Waals surface area contributed by atoms with Gasteiger partial charge in [0, 0.05) is 29.0 Å². The Morgan fingerprint density at radius 2 is 2.00 bits per heavy atom. The number of fused-ring (bicyclic) bond motifs is 1. The standard InChI is InChI=1S/C12H14ClNO2S/c1-3-17(15,16)8-11-6-9-4-5-10(13)7-12(9)14(11)2/h4-7H,3,8H2,1-2H3. The first kappa shape index (κ1) is 12.5. The van der Waals surface area contributed by atoms with E-state index in [0.29, 0.717) is 5.02 Å². The van der Waals surface area contributed by atoms with Gasteiger partial charge in [0.25, 0.3) is 0 Å². The number of aromatic nitrogens is 1. The SMILES string of the molecule is CCS(=O)(=O)Cc1cc2ccc(Cl)cc2n1C. The molecule has 92 valence electrons. The molecular formula is C12H14ClNO2S. The summed E-state index contributed by atoms with van der Waals surface area (Å²) in [6.45, 7) is 1.66. The van der Waals surface area contributed by atoms with E-state index in [9.17, 15) is 8.42 Å². The summed E-state index contributed by atoms with van der Waals surface area (Å²) in [5, 5.41) is 1.67. The van der Waals surface area contributed by atoms with Crippen molar-refractivity contribution in [1.29, 1.82) is 0 Å². The second kappa shape index (κ2) is 4.35. The Balaban J connectivity index is 2.53. The molecule has 0 unspecified atom stereocenters. The average Bonchev–Trinajstić information content (AvgIpc) is 2.56. The molecule has 3 nitrogen and oxygen atoms in total. The molecule has 0 radical (unpaired) electrons. The average molecular weight is 272 g/mol. The summed E-state index contributed by atoms with van der Waals surface area (Å²) in [5.41, 5.74) is 1.75. The highest BCUT2D eigenvalue weighted by molar-refractivity contribution is 7.90. The summed E-state index contributed by atoms with van der Waals surface area (Å²) >= 11 is 5.93. The molecule has 1 aromatic heterocycles. The number of hydrogen-bond donors (Lipinski definition) is 0. The summed E-state index contributed by atoms with van der Waals surface area (Å²) in [7, 11) is -1.15. The zero-order chi connectivity index (χ0) is 12.6. The van der Waals surface area contributed by atoms with Crippen LogP contribution in [0.15, 0.2) is 24.3 Å². The van der Waals surface area contributed by atoms with E-state index in [1.54, 1.807) is 6.92 Å². The van der Waals surface area contributed by atoms with E-state index in [2.05, 4.69) is 0 Å². The van der Waals surface area contributed by atoms with Crippen LogP contribution in [0.1, 0.15) is 12.6 Å². The van der Waals surface area contributed by atoms with Crippen molar-refractivity contribution >= 4 is 32.3 Å². The highest BCUT2D eigenvalue weighted by atomic mass is 35.5. The molecule has 0 atom stereocenters. The number of aryl methyl sites for hydroxylation is 1. The molecule has 0 amide bonds. The van der Waals surface area contributed by atoms with Gasteiger partial charge in [-0.15, -0.1) is 0 Å². The minimum atomic E-state index is -3.01. The van der Waals surface area contributed by atoms with Crippen LogP contribution in [0.4, 0.5) is 0 Å². The normalized spacial score (nSPS) is 12.2. The molecule has 0 aliphatic rings. The zero-order valence-electron chi connectivity index (χ0n) is 9.77. The van der Waals surface area contributed by atoms with Gasteiger partial charge in [-0.3, -0.25) is 0 Å². The van der Waals surface area contributed by atoms with Crippen LogP contribution in [0, 0.1) is 0 Å². The number of benzene rings is 1. The van der Waals surface area contributed by atoms with Crippen molar-refractivity contribution in [3.05, 3.63) is 35.0 Å². The van der Waals surface area contributed by atoms with E-state index in [4.69, 9.17) is 11.6 Å². The molecule has 0 bridgehead atoms. The highest BCUT2D eigenvalue weighted by Gasteiger charge is 2.13. The maximum absolute atomic E-state index is 11.6. The van der Waals surface area contributed by atoms with Crippen molar-refractivity contribution in [3.8, 4) is 0 Å². The van der Waals surface area contributed by atoms with Crippen LogP contribution < -0.4 is 0 Å². The monoisotopic (exact) mass is 271 g/mol. The molecule has 2 rings (SSSR count). The Kier molecular flexibility index (Phi) is 3.19. The van der Waals surface area contributed by atoms with E-state index in [1.807, 2.05) is 35.9 Å². The lowest BCUT2D eigenvalue weighted by Crippen LogP contribution is -2.09. The quantitative estimate of drug-likeness (QED) is 0.861. The Labute approximate surface area is 106 Å². The smallest absolute Gasteiger partial charge is 0.155 e. The fraction of sp³-hybridized carbons (Fsp3) is 0.333. The van der Waals surface area contributed by atoms with Crippen LogP contribution in [0.3, 0.4) is 0 Å². The largest absolute Gasteiger partial charge is 0.347 e. The first-order valence-corrected chi connectivity index (χ1v) is 7.57. The Morgan fingerprint density at radius 1 is 1.29 bits per heavy atom. The van der Waals surface area contributed by atoms with Crippen LogP contribution in [-0.2, 0) is 22.6 Å². The molecule has 2 aromatic rings. The number of hydrogen-bond acceptors (Lipinski definition) is 2. The molecule has 0 fully saturated rings. The molecule has 17 heavy (non-hydrogen) atoms. The van der Waals surface area contributed by atoms with Crippen molar-refractivity contribution in [2.75, 3.05) is 5.75 Å². The zero-order valence-corrected chi connectivity index (χ0v) is 11.3. The lowest BCUT2D eigenvalue weighted by atomic mass is 10.2. The van der Waals surface area contributed by atoms with Gasteiger partial charge in [0.1, 0.15) is 0 Å². The van der Waals surface area contributed by atoms with Crippen molar-refractivity contribution in [1.82, 2.24) is 4.57 Å². The van der Waals surface area contributed by atoms with Gasteiger partial charge in [-0.1, -0.05) is 24.6 Å². The molecule has 0 saturated heterocycles. The van der Waals surface area contributed by atoms with Gasteiger partial charge in [-0.25, -0.2) is 8.42 Å². The molecule has 1 aromatic carbocycles. The Bertz CT molecular complexity index is 658. The van der Waals surface area contributed by atoms with Crippen molar-refractivity contribution in [2.24, 2.45) is 7.05 Å². The van der Waals surface area contributed by atoms with Gasteiger partial charge in [-0.05, 0) is 23.6 Å². The summed E-state index contributed by atoms with van der Waals surface area (Å²) in [6, 6.07) is 7.46. The molecule has 0 saturated carbocycles. The highest BCUT2D eigenvalue weighted by Crippen LogP contribution is 2.23. The minimum absolute atomic E-state index is 0.0757. The van der Waals surface area contributed by atoms with Crippen LogP contribution in [0.2, 0.25) is 5.02 Å². The first-order chi connectivity index (χ1) is 7.93. The van der Waals surface area contributed by atoms with Gasteiger partial charge in [-0.2, -0.15) is 0 Å². The van der Waals surface area contributed by atoms with Crippen LogP contribution in [0.5, 0.6) is 0 Å². The number of nitrogens with zero attached hydrogens (tertiary/aromatic N) is 1. The topological polar surface area (TPSA) is 39.1 Å². The third-order valence-electron chi connectivity index (χ3n) is 2.91. The second-order valence-corrected chi connectivity index (χ2v) is 6.86. The summed E-state index contributed by atoms with van der Waals surface area (Å²) in [6.07, 6.45) is 0. The fourth-order valence-electron chi connectivity index (χ4n) is 1.83. The Hall–Kier alpha value is -1.00. The molecule has 0 N–H and O–H groups in total. The van der Waals surface area contributed by atoms with E-state index < -0.39 is 9.84 Å². The first-order valence-electron chi connectivity index (χ1n) is 5.37. The van der Waals surface area contributed by atoms with E-state index in [-0.39, 0.29) is 11.5 Å². The summed E-state index contributed by atoms with van der Waals surface area (Å²) < 4.78 is 25.1. The van der Waals surface area contributed by atoms with Crippen molar-refractivity contribution < 1.29 is 8.42 Å². The molecule has 1 heterocycles. The predicted octanol–water partition coefficient (Wildman–Crippen LogP) is 2.77. The van der Waals surface area contributed by atoms with Crippen LogP contribution in [-0.4, -0.2) is 18.7 Å². The summed E-state index contributed by atoms with van der Waals surface area (Å²) in [5.74, 6) is 0.238. The van der Waals surface area contributed by atoms with Crippen LogP contribution >= 0.6 is 11.6 Å². The lowest BCUT2D eigenvalue weighted by Gasteiger charge is -2.04. The van der Waals surface area contributed by atoms with E-state index in [0.717, 1.165) is 16.6 Å². The van der Waals surface area contributed by atoms with E-state index in [1.165, 1.54) is 0 Å². The van der Waals surface area contributed by atoms with Gasteiger partial charge in [0.05, 0.1) is 5.75 Å². The van der Waals surface area contributed by atoms with Gasteiger partial charge in [0.15, 0.2) is 9.84 Å². The van der Waals surface area contributed by atoms with Crippen molar-refractivity contribution in [2.45, 2.75) is 12.7 Å². The van der Waals surface area contributed by atoms with Crippen molar-refractivity contribution in [3.63, 3.8) is 0 Å². The number of rotatable bonds is 3. The third kappa shape index (κ3) is 2.48. The van der Waals surface area contributed by atoms with Crippen LogP contribution in [0.25, 0.3) is 10.9 Å². The van der Waals surface area contributed by atoms with Gasteiger partial charge < -0.3 is 4.57 Å². The maximum atomic E-state index is 11.6.